The van der Waals surface area contributed by atoms with Gasteiger partial charge >= 0.3 is 0 Å². The van der Waals surface area contributed by atoms with Crippen molar-refractivity contribution in [1.82, 2.24) is 5.32 Å². The fraction of sp³-hybridized carbons (Fsp3) is 0.273. The van der Waals surface area contributed by atoms with Crippen molar-refractivity contribution in [2.75, 3.05) is 18.6 Å². The van der Waals surface area contributed by atoms with E-state index in [1.165, 1.54) is 19.2 Å². The van der Waals surface area contributed by atoms with Crippen LogP contribution in [0, 0.1) is 5.82 Å². The van der Waals surface area contributed by atoms with Crippen LogP contribution in [-0.2, 0) is 14.6 Å². The number of amides is 1. The normalized spacial score (nSPS) is 11.0. The molecular formula is C11H12FNO4S. The van der Waals surface area contributed by atoms with Gasteiger partial charge in [-0.15, -0.1) is 0 Å². The van der Waals surface area contributed by atoms with E-state index < -0.39 is 38.9 Å². The Bertz CT molecular complexity index is 568. The van der Waals surface area contributed by atoms with Gasteiger partial charge in [0.25, 0.3) is 0 Å². The highest BCUT2D eigenvalue weighted by Crippen LogP contribution is 2.06. The number of benzene rings is 1. The van der Waals surface area contributed by atoms with E-state index in [9.17, 15) is 22.4 Å². The molecule has 1 aromatic rings. The quantitative estimate of drug-likeness (QED) is 0.775. The van der Waals surface area contributed by atoms with Gasteiger partial charge in [-0.1, -0.05) is 12.1 Å². The highest BCUT2D eigenvalue weighted by Gasteiger charge is 2.21. The molecular weight excluding hydrogens is 261 g/mol. The van der Waals surface area contributed by atoms with Crippen LogP contribution in [0.15, 0.2) is 24.3 Å². The van der Waals surface area contributed by atoms with Gasteiger partial charge in [0.05, 0.1) is 0 Å². The van der Waals surface area contributed by atoms with Crippen molar-refractivity contribution in [3.05, 3.63) is 35.6 Å². The molecule has 0 saturated carbocycles. The van der Waals surface area contributed by atoms with Crippen LogP contribution in [0.2, 0.25) is 0 Å². The number of Topliss-reactive ketones (excluding diaryl/α,β-unsaturated/α-hetero) is 1. The van der Waals surface area contributed by atoms with Gasteiger partial charge in [-0.3, -0.25) is 9.59 Å². The number of hydrogen-bond donors (Lipinski definition) is 1. The Morgan fingerprint density at radius 1 is 1.28 bits per heavy atom. The monoisotopic (exact) mass is 273 g/mol. The second kappa shape index (κ2) is 5.72. The van der Waals surface area contributed by atoms with Gasteiger partial charge in [0, 0.05) is 12.6 Å². The van der Waals surface area contributed by atoms with Crippen LogP contribution in [0.3, 0.4) is 0 Å². The molecule has 98 valence electrons. The third-order valence-corrected chi connectivity index (χ3v) is 3.53. The summed E-state index contributed by atoms with van der Waals surface area (Å²) in [6, 6.07) is 4.74. The highest BCUT2D eigenvalue weighted by atomic mass is 32.2. The van der Waals surface area contributed by atoms with E-state index in [1.807, 2.05) is 0 Å². The summed E-state index contributed by atoms with van der Waals surface area (Å²) in [5.41, 5.74) is -0.0320. The first kappa shape index (κ1) is 14.3. The van der Waals surface area contributed by atoms with Crippen molar-refractivity contribution < 1.29 is 22.4 Å². The van der Waals surface area contributed by atoms with Gasteiger partial charge in [-0.2, -0.15) is 0 Å². The minimum absolute atomic E-state index is 0.0320. The molecule has 0 aliphatic heterocycles. The van der Waals surface area contributed by atoms with Crippen molar-refractivity contribution in [3.8, 4) is 0 Å². The molecule has 1 amide bonds. The maximum absolute atomic E-state index is 12.9. The summed E-state index contributed by atoms with van der Waals surface area (Å²) in [4.78, 5) is 22.5. The molecule has 1 rings (SSSR count). The molecule has 0 radical (unpaired) electrons. The molecule has 0 bridgehead atoms. The molecule has 0 unspecified atom stereocenters. The average molecular weight is 273 g/mol. The number of halogens is 1. The predicted molar refractivity (Wildman–Crippen MR) is 63.5 cm³/mol. The molecule has 0 saturated heterocycles. The van der Waals surface area contributed by atoms with Crippen molar-refractivity contribution in [2.45, 2.75) is 0 Å². The molecule has 0 aliphatic rings. The summed E-state index contributed by atoms with van der Waals surface area (Å²) in [5.74, 6) is -3.63. The lowest BCUT2D eigenvalue weighted by atomic mass is 10.1. The maximum atomic E-state index is 12.9. The maximum Gasteiger partial charge on any atom is 0.234 e. The first-order valence-electron chi connectivity index (χ1n) is 5.04. The van der Waals surface area contributed by atoms with E-state index in [0.717, 1.165) is 12.1 Å². The standard InChI is InChI=1S/C11H12FNO4S/c1-13-11(15)7-18(16,17)6-10(14)8-3-2-4-9(12)5-8/h2-5H,6-7H2,1H3,(H,13,15). The van der Waals surface area contributed by atoms with Crippen molar-refractivity contribution in [1.29, 1.82) is 0 Å². The van der Waals surface area contributed by atoms with Crippen LogP contribution in [0.4, 0.5) is 4.39 Å². The summed E-state index contributed by atoms with van der Waals surface area (Å²) in [7, 11) is -2.54. The Morgan fingerprint density at radius 3 is 2.50 bits per heavy atom. The highest BCUT2D eigenvalue weighted by molar-refractivity contribution is 7.92. The summed E-state index contributed by atoms with van der Waals surface area (Å²) >= 11 is 0. The lowest BCUT2D eigenvalue weighted by molar-refractivity contribution is -0.118. The third kappa shape index (κ3) is 4.25. The largest absolute Gasteiger partial charge is 0.358 e. The summed E-state index contributed by atoms with van der Waals surface area (Å²) in [5, 5.41) is 2.15. The van der Waals surface area contributed by atoms with E-state index in [-0.39, 0.29) is 5.56 Å². The number of nitrogens with one attached hydrogen (secondary N) is 1. The minimum atomic E-state index is -3.84. The van der Waals surface area contributed by atoms with Crippen LogP contribution < -0.4 is 5.32 Å². The lowest BCUT2D eigenvalue weighted by Crippen LogP contribution is -2.30. The number of rotatable bonds is 5. The molecule has 0 aromatic heterocycles. The number of sulfone groups is 1. The van der Waals surface area contributed by atoms with Crippen LogP contribution in [0.25, 0.3) is 0 Å². The molecule has 0 fully saturated rings. The van der Waals surface area contributed by atoms with Crippen molar-refractivity contribution in [3.63, 3.8) is 0 Å². The second-order valence-corrected chi connectivity index (χ2v) is 5.70. The molecule has 5 nitrogen and oxygen atoms in total. The average Bonchev–Trinajstić information content (AvgIpc) is 2.27. The molecule has 7 heteroatoms. The first-order chi connectivity index (χ1) is 8.34. The Labute approximate surface area is 104 Å². The number of hydrogen-bond acceptors (Lipinski definition) is 4. The number of carbonyl (C=O) groups is 2. The van der Waals surface area contributed by atoms with E-state index in [0.29, 0.717) is 0 Å². The topological polar surface area (TPSA) is 80.3 Å². The zero-order valence-corrected chi connectivity index (χ0v) is 10.5. The zero-order valence-electron chi connectivity index (χ0n) is 9.64. The van der Waals surface area contributed by atoms with E-state index in [2.05, 4.69) is 5.32 Å². The van der Waals surface area contributed by atoms with Crippen molar-refractivity contribution >= 4 is 21.5 Å². The van der Waals surface area contributed by atoms with E-state index in [4.69, 9.17) is 0 Å². The Hall–Kier alpha value is -1.76. The van der Waals surface area contributed by atoms with Gasteiger partial charge in [0.2, 0.25) is 5.91 Å². The van der Waals surface area contributed by atoms with Gasteiger partial charge in [-0.25, -0.2) is 12.8 Å². The van der Waals surface area contributed by atoms with Gasteiger partial charge in [0.15, 0.2) is 15.6 Å². The summed E-state index contributed by atoms with van der Waals surface area (Å²) in [6.45, 7) is 0. The van der Waals surface area contributed by atoms with Gasteiger partial charge in [-0.05, 0) is 12.1 Å². The first-order valence-corrected chi connectivity index (χ1v) is 6.86. The molecule has 0 atom stereocenters. The van der Waals surface area contributed by atoms with Crippen LogP contribution in [0.1, 0.15) is 10.4 Å². The minimum Gasteiger partial charge on any atom is -0.358 e. The Morgan fingerprint density at radius 2 is 1.94 bits per heavy atom. The third-order valence-electron chi connectivity index (χ3n) is 2.13. The summed E-state index contributed by atoms with van der Waals surface area (Å²) < 4.78 is 35.8. The zero-order chi connectivity index (χ0) is 13.8. The van der Waals surface area contributed by atoms with Crippen LogP contribution >= 0.6 is 0 Å². The fourth-order valence-corrected chi connectivity index (χ4v) is 2.48. The van der Waals surface area contributed by atoms with E-state index >= 15 is 0 Å². The molecule has 0 heterocycles. The molecule has 0 spiro atoms. The van der Waals surface area contributed by atoms with E-state index in [1.54, 1.807) is 0 Å². The predicted octanol–water partition coefficient (Wildman–Crippen LogP) is 0.169. The summed E-state index contributed by atoms with van der Waals surface area (Å²) in [6.07, 6.45) is 0. The van der Waals surface area contributed by atoms with Crippen LogP contribution in [-0.4, -0.2) is 38.7 Å². The van der Waals surface area contributed by atoms with Gasteiger partial charge in [0.1, 0.15) is 17.3 Å². The number of ketones is 1. The van der Waals surface area contributed by atoms with Gasteiger partial charge < -0.3 is 5.32 Å². The van der Waals surface area contributed by atoms with Crippen molar-refractivity contribution in [2.24, 2.45) is 0 Å². The second-order valence-electron chi connectivity index (χ2n) is 3.64. The smallest absolute Gasteiger partial charge is 0.234 e. The molecule has 1 N–H and O–H groups in total. The fourth-order valence-electron chi connectivity index (χ4n) is 1.27. The Kier molecular flexibility index (Phi) is 4.55. The number of carbonyl (C=O) groups excluding carboxylic acids is 2. The Balaban J connectivity index is 2.79. The molecule has 1 aromatic carbocycles. The SMILES string of the molecule is CNC(=O)CS(=O)(=O)CC(=O)c1cccc(F)c1. The lowest BCUT2D eigenvalue weighted by Gasteiger charge is -2.03. The molecule has 18 heavy (non-hydrogen) atoms. The molecule has 0 aliphatic carbocycles. The van der Waals surface area contributed by atoms with Crippen LogP contribution in [0.5, 0.6) is 0 Å².